The van der Waals surface area contributed by atoms with Crippen LogP contribution in [0.25, 0.3) is 0 Å². The van der Waals surface area contributed by atoms with E-state index < -0.39 is 0 Å². The lowest BCUT2D eigenvalue weighted by Crippen LogP contribution is -2.30. The lowest BCUT2D eigenvalue weighted by Gasteiger charge is -2.28. The van der Waals surface area contributed by atoms with Crippen LogP contribution in [0.1, 0.15) is 48.0 Å². The smallest absolute Gasteiger partial charge is 0.100 e. The molecular formula is C12H25NOS. The monoisotopic (exact) mass is 231 g/mol. The Kier molecular flexibility index (Phi) is 6.53. The van der Waals surface area contributed by atoms with Crippen LogP contribution in [0.15, 0.2) is 4.99 Å². The van der Waals surface area contributed by atoms with Gasteiger partial charge in [-0.05, 0) is 47.8 Å². The Morgan fingerprint density at radius 3 is 2.27 bits per heavy atom. The summed E-state index contributed by atoms with van der Waals surface area (Å²) in [6.45, 7) is 12.6. The van der Waals surface area contributed by atoms with Crippen molar-refractivity contribution >= 4 is 17.5 Å². The molecule has 1 atom stereocenters. The van der Waals surface area contributed by atoms with Crippen molar-refractivity contribution in [3.05, 3.63) is 0 Å². The molecule has 0 aromatic rings. The molecule has 0 spiro atoms. The predicted octanol–water partition coefficient (Wildman–Crippen LogP) is 3.75. The zero-order valence-corrected chi connectivity index (χ0v) is 11.9. The molecule has 0 aromatic heterocycles. The average molecular weight is 231 g/mol. The maximum atomic E-state index is 5.92. The molecule has 2 nitrogen and oxygen atoms in total. The van der Waals surface area contributed by atoms with E-state index in [2.05, 4.69) is 52.8 Å². The van der Waals surface area contributed by atoms with E-state index in [4.69, 9.17) is 4.74 Å². The van der Waals surface area contributed by atoms with Crippen LogP contribution in [0.5, 0.6) is 0 Å². The Morgan fingerprint density at radius 1 is 1.33 bits per heavy atom. The van der Waals surface area contributed by atoms with E-state index in [-0.39, 0.29) is 11.0 Å². The van der Waals surface area contributed by atoms with Crippen molar-refractivity contribution in [3.8, 4) is 0 Å². The number of hydrogen-bond donors (Lipinski definition) is 0. The second-order valence-electron chi connectivity index (χ2n) is 4.82. The summed E-state index contributed by atoms with van der Waals surface area (Å²) in [5.41, 5.74) is 1.29. The summed E-state index contributed by atoms with van der Waals surface area (Å²) in [6.07, 6.45) is 2.96. The van der Waals surface area contributed by atoms with Crippen molar-refractivity contribution in [2.24, 2.45) is 4.99 Å². The Bertz CT molecular complexity index is 212. The molecule has 0 aliphatic rings. The van der Waals surface area contributed by atoms with E-state index in [9.17, 15) is 0 Å². The first-order chi connectivity index (χ1) is 6.76. The molecule has 0 saturated carbocycles. The van der Waals surface area contributed by atoms with Crippen molar-refractivity contribution in [3.63, 3.8) is 0 Å². The van der Waals surface area contributed by atoms with Gasteiger partial charge in [-0.2, -0.15) is 0 Å². The molecule has 0 aliphatic heterocycles. The third-order valence-corrected chi connectivity index (χ3v) is 2.74. The van der Waals surface area contributed by atoms with E-state index in [1.807, 2.05) is 0 Å². The Hall–Kier alpha value is -0.0200. The lowest BCUT2D eigenvalue weighted by atomic mass is 10.0. The third kappa shape index (κ3) is 7.86. The van der Waals surface area contributed by atoms with Crippen molar-refractivity contribution < 1.29 is 4.74 Å². The molecule has 3 heteroatoms. The summed E-state index contributed by atoms with van der Waals surface area (Å²) in [4.78, 5) is 4.53. The Morgan fingerprint density at radius 2 is 1.87 bits per heavy atom. The van der Waals surface area contributed by atoms with Gasteiger partial charge in [0.1, 0.15) is 5.44 Å². The standard InChI is InChI=1S/C12H25NOS/c1-9(2)13-10(3)8-12(5,6)14-11(4)15-7/h9,11H,8H2,1-7H3. The molecule has 0 amide bonds. The molecular weight excluding hydrogens is 206 g/mol. The van der Waals surface area contributed by atoms with Crippen LogP contribution in [0.4, 0.5) is 0 Å². The van der Waals surface area contributed by atoms with Crippen LogP contribution in [0, 0.1) is 0 Å². The first kappa shape index (κ1) is 15.0. The van der Waals surface area contributed by atoms with Crippen LogP contribution >= 0.6 is 11.8 Å². The molecule has 0 aliphatic carbocycles. The number of rotatable bonds is 6. The normalized spacial score (nSPS) is 15.9. The van der Waals surface area contributed by atoms with Gasteiger partial charge < -0.3 is 4.74 Å². The van der Waals surface area contributed by atoms with Gasteiger partial charge in [0, 0.05) is 18.2 Å². The second kappa shape index (κ2) is 6.54. The first-order valence-corrected chi connectivity index (χ1v) is 6.79. The van der Waals surface area contributed by atoms with Crippen LogP contribution in [0.2, 0.25) is 0 Å². The van der Waals surface area contributed by atoms with Gasteiger partial charge in [0.05, 0.1) is 5.60 Å². The van der Waals surface area contributed by atoms with E-state index in [1.54, 1.807) is 11.8 Å². The minimum atomic E-state index is -0.120. The van der Waals surface area contributed by atoms with Gasteiger partial charge in [0.2, 0.25) is 0 Å². The van der Waals surface area contributed by atoms with Crippen molar-refractivity contribution in [2.45, 2.75) is 65.0 Å². The van der Waals surface area contributed by atoms with Crippen molar-refractivity contribution in [1.29, 1.82) is 0 Å². The summed E-state index contributed by atoms with van der Waals surface area (Å²) in [7, 11) is 0. The van der Waals surface area contributed by atoms with Crippen molar-refractivity contribution in [2.75, 3.05) is 6.26 Å². The number of nitrogens with zero attached hydrogens (tertiary/aromatic N) is 1. The van der Waals surface area contributed by atoms with E-state index in [0.29, 0.717) is 6.04 Å². The largest absolute Gasteiger partial charge is 0.362 e. The molecule has 0 heterocycles. The summed E-state index contributed by atoms with van der Waals surface area (Å²) >= 11 is 1.73. The van der Waals surface area contributed by atoms with Gasteiger partial charge in [-0.3, -0.25) is 4.99 Å². The van der Waals surface area contributed by atoms with Gasteiger partial charge in [-0.25, -0.2) is 0 Å². The van der Waals surface area contributed by atoms with Gasteiger partial charge in [0.15, 0.2) is 0 Å². The fraction of sp³-hybridized carbons (Fsp3) is 0.917. The molecule has 0 fully saturated rings. The fourth-order valence-corrected chi connectivity index (χ4v) is 2.00. The highest BCUT2D eigenvalue weighted by Gasteiger charge is 2.22. The summed E-state index contributed by atoms with van der Waals surface area (Å²) < 4.78 is 5.92. The summed E-state index contributed by atoms with van der Waals surface area (Å²) in [5.74, 6) is 0. The maximum Gasteiger partial charge on any atom is 0.100 e. The minimum Gasteiger partial charge on any atom is -0.362 e. The summed E-state index contributed by atoms with van der Waals surface area (Å²) in [5, 5.41) is 0. The third-order valence-electron chi connectivity index (χ3n) is 1.98. The van der Waals surface area contributed by atoms with Crippen LogP contribution < -0.4 is 0 Å². The second-order valence-corrected chi connectivity index (χ2v) is 5.95. The SMILES string of the molecule is CSC(C)OC(C)(C)CC(C)=NC(C)C. The number of hydrogen-bond acceptors (Lipinski definition) is 3. The lowest BCUT2D eigenvalue weighted by molar-refractivity contribution is -0.0203. The summed E-state index contributed by atoms with van der Waals surface area (Å²) in [6, 6.07) is 0.374. The fourth-order valence-electron chi connectivity index (χ4n) is 1.64. The molecule has 0 rings (SSSR count). The molecule has 0 radical (unpaired) electrons. The zero-order chi connectivity index (χ0) is 12.1. The van der Waals surface area contributed by atoms with E-state index >= 15 is 0 Å². The quantitative estimate of drug-likeness (QED) is 0.513. The number of thioether (sulfide) groups is 1. The van der Waals surface area contributed by atoms with E-state index in [1.165, 1.54) is 5.71 Å². The minimum absolute atomic E-state index is 0.120. The van der Waals surface area contributed by atoms with Gasteiger partial charge in [-0.15, -0.1) is 11.8 Å². The van der Waals surface area contributed by atoms with Crippen LogP contribution in [-0.4, -0.2) is 29.0 Å². The highest BCUT2D eigenvalue weighted by Crippen LogP contribution is 2.22. The number of ether oxygens (including phenoxy) is 1. The van der Waals surface area contributed by atoms with Crippen LogP contribution in [-0.2, 0) is 4.74 Å². The highest BCUT2D eigenvalue weighted by molar-refractivity contribution is 7.99. The van der Waals surface area contributed by atoms with E-state index in [0.717, 1.165) is 6.42 Å². The Balaban J connectivity index is 4.24. The molecule has 15 heavy (non-hydrogen) atoms. The first-order valence-electron chi connectivity index (χ1n) is 5.50. The molecule has 0 bridgehead atoms. The van der Waals surface area contributed by atoms with Gasteiger partial charge in [0.25, 0.3) is 0 Å². The van der Waals surface area contributed by atoms with Gasteiger partial charge >= 0.3 is 0 Å². The molecule has 1 unspecified atom stereocenters. The topological polar surface area (TPSA) is 21.6 Å². The maximum absolute atomic E-state index is 5.92. The average Bonchev–Trinajstić information content (AvgIpc) is 1.99. The zero-order valence-electron chi connectivity index (χ0n) is 11.1. The van der Waals surface area contributed by atoms with Gasteiger partial charge in [-0.1, -0.05) is 0 Å². The Labute approximate surface area is 98.9 Å². The highest BCUT2D eigenvalue weighted by atomic mass is 32.2. The van der Waals surface area contributed by atoms with Crippen LogP contribution in [0.3, 0.4) is 0 Å². The number of aliphatic imine (C=N–C) groups is 1. The molecule has 0 aromatic carbocycles. The predicted molar refractivity (Wildman–Crippen MR) is 71.0 cm³/mol. The molecule has 0 saturated heterocycles. The molecule has 0 N–H and O–H groups in total. The molecule has 90 valence electrons. The van der Waals surface area contributed by atoms with Crippen molar-refractivity contribution in [1.82, 2.24) is 0 Å².